The van der Waals surface area contributed by atoms with Gasteiger partial charge in [0.15, 0.2) is 6.61 Å². The minimum absolute atomic E-state index is 0.131. The molecule has 1 fully saturated rings. The van der Waals surface area contributed by atoms with Gasteiger partial charge in [0.1, 0.15) is 4.32 Å². The molecular weight excluding hydrogens is 344 g/mol. The Morgan fingerprint density at radius 1 is 1.25 bits per heavy atom. The van der Waals surface area contributed by atoms with E-state index in [1.165, 1.54) is 11.8 Å². The molecule has 24 heavy (non-hydrogen) atoms. The maximum atomic E-state index is 11.8. The molecule has 1 aromatic carbocycles. The van der Waals surface area contributed by atoms with Crippen LogP contribution in [0.3, 0.4) is 0 Å². The zero-order chi connectivity index (χ0) is 17.5. The van der Waals surface area contributed by atoms with Crippen LogP contribution in [0.1, 0.15) is 24.0 Å². The van der Waals surface area contributed by atoms with Gasteiger partial charge in [0.2, 0.25) is 0 Å². The molecule has 0 saturated carbocycles. The van der Waals surface area contributed by atoms with Gasteiger partial charge in [0, 0.05) is 18.8 Å². The summed E-state index contributed by atoms with van der Waals surface area (Å²) in [4.78, 5) is 25.6. The Morgan fingerprint density at radius 2 is 1.96 bits per heavy atom. The third kappa shape index (κ3) is 5.79. The summed E-state index contributed by atoms with van der Waals surface area (Å²) in [6, 6.07) is 5.65. The highest BCUT2D eigenvalue weighted by molar-refractivity contribution is 8.23. The van der Waals surface area contributed by atoms with Gasteiger partial charge in [-0.05, 0) is 49.9 Å². The zero-order valence-corrected chi connectivity index (χ0v) is 15.6. The van der Waals surface area contributed by atoms with Crippen molar-refractivity contribution in [1.82, 2.24) is 4.90 Å². The van der Waals surface area contributed by atoms with Crippen molar-refractivity contribution in [2.24, 2.45) is 0 Å². The van der Waals surface area contributed by atoms with E-state index >= 15 is 0 Å². The van der Waals surface area contributed by atoms with Crippen molar-refractivity contribution in [2.45, 2.75) is 26.7 Å². The summed E-state index contributed by atoms with van der Waals surface area (Å²) in [5, 5.41) is 2.72. The Balaban J connectivity index is 1.68. The normalized spacial score (nSPS) is 13.7. The second-order valence-corrected chi connectivity index (χ2v) is 7.37. The number of carbonyl (C=O) groups is 2. The number of esters is 1. The van der Waals surface area contributed by atoms with Crippen LogP contribution in [-0.4, -0.2) is 46.5 Å². The number of thioether (sulfide) groups is 1. The number of hydrogen-bond acceptors (Lipinski definition) is 5. The van der Waals surface area contributed by atoms with E-state index in [0.29, 0.717) is 5.69 Å². The molecule has 0 bridgehead atoms. The fourth-order valence-corrected chi connectivity index (χ4v) is 3.36. The standard InChI is InChI=1S/C17H22N2O3S2/c1-12-5-6-14(9-13(12)2)18-15(20)10-22-16(21)11-24-17(23)19-7-3-4-8-19/h5-6,9H,3-4,7-8,10-11H2,1-2H3,(H,18,20). The number of rotatable bonds is 5. The summed E-state index contributed by atoms with van der Waals surface area (Å²) in [6.45, 7) is 5.61. The lowest BCUT2D eigenvalue weighted by atomic mass is 10.1. The van der Waals surface area contributed by atoms with Crippen molar-refractivity contribution in [2.75, 3.05) is 30.8 Å². The average molecular weight is 367 g/mol. The summed E-state index contributed by atoms with van der Waals surface area (Å²) in [5.41, 5.74) is 2.95. The number of ether oxygens (including phenoxy) is 1. The molecular formula is C17H22N2O3S2. The number of nitrogens with one attached hydrogen (secondary N) is 1. The van der Waals surface area contributed by atoms with Crippen LogP contribution in [0.5, 0.6) is 0 Å². The largest absolute Gasteiger partial charge is 0.455 e. The number of benzene rings is 1. The Hall–Kier alpha value is -1.60. The Labute approximate surface area is 152 Å². The van der Waals surface area contributed by atoms with Gasteiger partial charge in [0.05, 0.1) is 5.75 Å². The SMILES string of the molecule is Cc1ccc(NC(=O)COC(=O)CSC(=S)N2CCCC2)cc1C. The lowest BCUT2D eigenvalue weighted by Crippen LogP contribution is -2.25. The van der Waals surface area contributed by atoms with Crippen molar-refractivity contribution < 1.29 is 14.3 Å². The van der Waals surface area contributed by atoms with Gasteiger partial charge in [-0.1, -0.05) is 30.0 Å². The Morgan fingerprint density at radius 3 is 2.62 bits per heavy atom. The van der Waals surface area contributed by atoms with Crippen LogP contribution in [0.15, 0.2) is 18.2 Å². The fraction of sp³-hybridized carbons (Fsp3) is 0.471. The van der Waals surface area contributed by atoms with Crippen LogP contribution in [-0.2, 0) is 14.3 Å². The molecule has 130 valence electrons. The van der Waals surface area contributed by atoms with E-state index in [2.05, 4.69) is 10.2 Å². The number of hydrogen-bond donors (Lipinski definition) is 1. The van der Waals surface area contributed by atoms with Crippen molar-refractivity contribution >= 4 is 45.9 Å². The fourth-order valence-electron chi connectivity index (χ4n) is 2.32. The first-order chi connectivity index (χ1) is 11.5. The van der Waals surface area contributed by atoms with Crippen LogP contribution in [0.25, 0.3) is 0 Å². The van der Waals surface area contributed by atoms with Gasteiger partial charge in [-0.2, -0.15) is 0 Å². The van der Waals surface area contributed by atoms with E-state index in [0.717, 1.165) is 41.4 Å². The summed E-state index contributed by atoms with van der Waals surface area (Å²) < 4.78 is 5.72. The number of amides is 1. The van der Waals surface area contributed by atoms with Gasteiger partial charge >= 0.3 is 5.97 Å². The number of nitrogens with zero attached hydrogens (tertiary/aromatic N) is 1. The van der Waals surface area contributed by atoms with Crippen LogP contribution in [0.4, 0.5) is 5.69 Å². The van der Waals surface area contributed by atoms with E-state index < -0.39 is 5.97 Å². The molecule has 0 spiro atoms. The quantitative estimate of drug-likeness (QED) is 0.639. The molecule has 1 aliphatic heterocycles. The summed E-state index contributed by atoms with van der Waals surface area (Å²) in [6.07, 6.45) is 2.29. The molecule has 0 radical (unpaired) electrons. The molecule has 0 aliphatic carbocycles. The Kier molecular flexibility index (Phi) is 7.05. The zero-order valence-electron chi connectivity index (χ0n) is 14.0. The number of thiocarbonyl (C=S) groups is 1. The average Bonchev–Trinajstić information content (AvgIpc) is 3.08. The molecule has 2 rings (SSSR count). The first-order valence-corrected chi connectivity index (χ1v) is 9.29. The molecule has 7 heteroatoms. The van der Waals surface area contributed by atoms with E-state index in [4.69, 9.17) is 17.0 Å². The molecule has 1 amide bonds. The minimum atomic E-state index is -0.434. The molecule has 5 nitrogen and oxygen atoms in total. The van der Waals surface area contributed by atoms with E-state index in [-0.39, 0.29) is 18.3 Å². The van der Waals surface area contributed by atoms with Crippen LogP contribution in [0, 0.1) is 13.8 Å². The van der Waals surface area contributed by atoms with Gasteiger partial charge in [-0.15, -0.1) is 0 Å². The maximum absolute atomic E-state index is 11.8. The van der Waals surface area contributed by atoms with Crippen LogP contribution in [0.2, 0.25) is 0 Å². The second-order valence-electron chi connectivity index (χ2n) is 5.76. The van der Waals surface area contributed by atoms with E-state index in [1.807, 2.05) is 32.0 Å². The number of carbonyl (C=O) groups excluding carboxylic acids is 2. The van der Waals surface area contributed by atoms with Crippen molar-refractivity contribution in [3.63, 3.8) is 0 Å². The van der Waals surface area contributed by atoms with Crippen molar-refractivity contribution in [3.05, 3.63) is 29.3 Å². The molecule has 1 aliphatic rings. The first kappa shape index (κ1) is 18.7. The van der Waals surface area contributed by atoms with Gasteiger partial charge < -0.3 is 15.0 Å². The molecule has 1 N–H and O–H groups in total. The third-order valence-electron chi connectivity index (χ3n) is 3.83. The van der Waals surface area contributed by atoms with E-state index in [9.17, 15) is 9.59 Å². The van der Waals surface area contributed by atoms with Gasteiger partial charge in [-0.25, -0.2) is 0 Å². The van der Waals surface area contributed by atoms with E-state index in [1.54, 1.807) is 0 Å². The predicted molar refractivity (Wildman–Crippen MR) is 101 cm³/mol. The maximum Gasteiger partial charge on any atom is 0.316 e. The first-order valence-electron chi connectivity index (χ1n) is 7.90. The highest BCUT2D eigenvalue weighted by atomic mass is 32.2. The number of likely N-dealkylation sites (tertiary alicyclic amines) is 1. The van der Waals surface area contributed by atoms with Gasteiger partial charge in [0.25, 0.3) is 5.91 Å². The molecule has 1 heterocycles. The Bertz CT molecular complexity index is 628. The molecule has 1 aromatic rings. The molecule has 0 unspecified atom stereocenters. The summed E-state index contributed by atoms with van der Waals surface area (Å²) in [5.74, 6) is -0.651. The van der Waals surface area contributed by atoms with Crippen LogP contribution >= 0.6 is 24.0 Å². The van der Waals surface area contributed by atoms with Crippen molar-refractivity contribution in [3.8, 4) is 0 Å². The summed E-state index contributed by atoms with van der Waals surface area (Å²) in [7, 11) is 0. The number of aryl methyl sites for hydroxylation is 2. The van der Waals surface area contributed by atoms with Crippen LogP contribution < -0.4 is 5.32 Å². The predicted octanol–water partition coefficient (Wildman–Crippen LogP) is 2.90. The van der Waals surface area contributed by atoms with Gasteiger partial charge in [-0.3, -0.25) is 9.59 Å². The highest BCUT2D eigenvalue weighted by Gasteiger charge is 2.17. The lowest BCUT2D eigenvalue weighted by Gasteiger charge is -2.17. The topological polar surface area (TPSA) is 58.6 Å². The second kappa shape index (κ2) is 9.03. The molecule has 0 atom stereocenters. The smallest absolute Gasteiger partial charge is 0.316 e. The third-order valence-corrected chi connectivity index (χ3v) is 5.33. The van der Waals surface area contributed by atoms with Crippen molar-refractivity contribution in [1.29, 1.82) is 0 Å². The molecule has 0 aromatic heterocycles. The summed E-state index contributed by atoms with van der Waals surface area (Å²) >= 11 is 6.57. The minimum Gasteiger partial charge on any atom is -0.455 e. The monoisotopic (exact) mass is 366 g/mol. The highest BCUT2D eigenvalue weighted by Crippen LogP contribution is 2.16. The number of anilines is 1. The lowest BCUT2D eigenvalue weighted by molar-refractivity contribution is -0.144. The molecule has 1 saturated heterocycles.